The van der Waals surface area contributed by atoms with Crippen molar-refractivity contribution in [1.82, 2.24) is 5.32 Å². The number of nitrogens with one attached hydrogen (secondary N) is 1. The van der Waals surface area contributed by atoms with Crippen molar-refractivity contribution < 1.29 is 15.0 Å². The summed E-state index contributed by atoms with van der Waals surface area (Å²) in [6.45, 7) is 5.82. The number of benzene rings is 1. The molecule has 1 aromatic rings. The Kier molecular flexibility index (Phi) is 6.68. The van der Waals surface area contributed by atoms with Crippen molar-refractivity contribution >= 4 is 5.97 Å². The lowest BCUT2D eigenvalue weighted by Gasteiger charge is -2.29. The maximum atomic E-state index is 11.4. The molecule has 20 heavy (non-hydrogen) atoms. The van der Waals surface area contributed by atoms with Gasteiger partial charge in [-0.25, -0.2) is 0 Å². The maximum Gasteiger partial charge on any atom is 0.320 e. The van der Waals surface area contributed by atoms with Gasteiger partial charge in [-0.05, 0) is 17.9 Å². The number of rotatable bonds is 8. The zero-order chi connectivity index (χ0) is 15.1. The Bertz CT molecular complexity index is 407. The summed E-state index contributed by atoms with van der Waals surface area (Å²) >= 11 is 0. The van der Waals surface area contributed by atoms with Crippen LogP contribution in [0, 0.1) is 5.92 Å². The van der Waals surface area contributed by atoms with Gasteiger partial charge in [0.2, 0.25) is 0 Å². The van der Waals surface area contributed by atoms with Gasteiger partial charge in [0, 0.05) is 6.04 Å². The molecule has 4 unspecified atom stereocenters. The van der Waals surface area contributed by atoms with Crippen molar-refractivity contribution in [3.63, 3.8) is 0 Å². The molecule has 0 spiro atoms. The van der Waals surface area contributed by atoms with Crippen LogP contribution in [0.3, 0.4) is 0 Å². The van der Waals surface area contributed by atoms with E-state index in [9.17, 15) is 15.0 Å². The number of aliphatic carboxylic acids is 1. The Labute approximate surface area is 120 Å². The first-order valence-electron chi connectivity index (χ1n) is 7.23. The third kappa shape index (κ3) is 4.32. The van der Waals surface area contributed by atoms with Crippen molar-refractivity contribution in [3.8, 4) is 0 Å². The van der Waals surface area contributed by atoms with Gasteiger partial charge in [-0.15, -0.1) is 0 Å². The highest BCUT2D eigenvalue weighted by Gasteiger charge is 2.29. The molecule has 4 nitrogen and oxygen atoms in total. The third-order valence-corrected chi connectivity index (χ3v) is 3.83. The number of aliphatic hydroxyl groups excluding tert-OH is 1. The molecule has 4 heteroatoms. The summed E-state index contributed by atoms with van der Waals surface area (Å²) in [5, 5.41) is 22.8. The zero-order valence-corrected chi connectivity index (χ0v) is 12.4. The van der Waals surface area contributed by atoms with E-state index in [0.29, 0.717) is 6.42 Å². The minimum absolute atomic E-state index is 0.0181. The van der Waals surface area contributed by atoms with Gasteiger partial charge < -0.3 is 10.2 Å². The average molecular weight is 279 g/mol. The number of hydrogen-bond acceptors (Lipinski definition) is 3. The molecule has 0 saturated carbocycles. The van der Waals surface area contributed by atoms with Crippen LogP contribution in [0.5, 0.6) is 0 Å². The van der Waals surface area contributed by atoms with Crippen molar-refractivity contribution in [2.45, 2.75) is 51.8 Å². The van der Waals surface area contributed by atoms with Crippen LogP contribution in [0.1, 0.15) is 45.3 Å². The monoisotopic (exact) mass is 279 g/mol. The van der Waals surface area contributed by atoms with E-state index in [1.807, 2.05) is 51.1 Å². The van der Waals surface area contributed by atoms with E-state index in [1.165, 1.54) is 0 Å². The van der Waals surface area contributed by atoms with E-state index in [4.69, 9.17) is 0 Å². The Morgan fingerprint density at radius 2 is 1.80 bits per heavy atom. The van der Waals surface area contributed by atoms with Crippen molar-refractivity contribution in [2.75, 3.05) is 0 Å². The molecule has 1 rings (SSSR count). The molecule has 0 aliphatic heterocycles. The van der Waals surface area contributed by atoms with Gasteiger partial charge in [0.25, 0.3) is 0 Å². The maximum absolute atomic E-state index is 11.4. The fourth-order valence-corrected chi connectivity index (χ4v) is 2.26. The molecule has 0 aliphatic carbocycles. The second kappa shape index (κ2) is 8.02. The summed E-state index contributed by atoms with van der Waals surface area (Å²) in [4.78, 5) is 11.4. The number of aliphatic hydroxyl groups is 1. The topological polar surface area (TPSA) is 69.6 Å². The van der Waals surface area contributed by atoms with Crippen LogP contribution in [-0.4, -0.2) is 28.3 Å². The van der Waals surface area contributed by atoms with Gasteiger partial charge in [0.05, 0.1) is 6.10 Å². The first-order chi connectivity index (χ1) is 9.51. The van der Waals surface area contributed by atoms with Gasteiger partial charge in [0.15, 0.2) is 0 Å². The number of carbonyl (C=O) groups is 1. The molecular weight excluding hydrogens is 254 g/mol. The predicted octanol–water partition coefficient (Wildman–Crippen LogP) is 2.59. The largest absolute Gasteiger partial charge is 0.480 e. The van der Waals surface area contributed by atoms with Crippen LogP contribution >= 0.6 is 0 Å². The van der Waals surface area contributed by atoms with Crippen LogP contribution in [0.2, 0.25) is 0 Å². The number of carboxylic acids is 1. The highest BCUT2D eigenvalue weighted by Crippen LogP contribution is 2.20. The molecule has 0 amide bonds. The minimum Gasteiger partial charge on any atom is -0.480 e. The summed E-state index contributed by atoms with van der Waals surface area (Å²) in [7, 11) is 0. The molecule has 0 heterocycles. The van der Waals surface area contributed by atoms with E-state index in [0.717, 1.165) is 12.0 Å². The van der Waals surface area contributed by atoms with Gasteiger partial charge in [-0.2, -0.15) is 0 Å². The van der Waals surface area contributed by atoms with E-state index in [-0.39, 0.29) is 12.0 Å². The Morgan fingerprint density at radius 3 is 2.25 bits per heavy atom. The lowest BCUT2D eigenvalue weighted by atomic mass is 9.94. The lowest BCUT2D eigenvalue weighted by molar-refractivity contribution is -0.141. The highest BCUT2D eigenvalue weighted by molar-refractivity contribution is 5.73. The normalized spacial score (nSPS) is 17.2. The predicted molar refractivity (Wildman–Crippen MR) is 79.5 cm³/mol. The number of carboxylic acid groups (broad SMARTS) is 1. The van der Waals surface area contributed by atoms with E-state index in [1.54, 1.807) is 0 Å². The zero-order valence-electron chi connectivity index (χ0n) is 12.4. The van der Waals surface area contributed by atoms with Crippen LogP contribution in [-0.2, 0) is 4.79 Å². The third-order valence-electron chi connectivity index (χ3n) is 3.83. The van der Waals surface area contributed by atoms with E-state index in [2.05, 4.69) is 5.32 Å². The average Bonchev–Trinajstić information content (AvgIpc) is 2.47. The van der Waals surface area contributed by atoms with Crippen molar-refractivity contribution in [3.05, 3.63) is 35.9 Å². The smallest absolute Gasteiger partial charge is 0.320 e. The first-order valence-corrected chi connectivity index (χ1v) is 7.23. The molecule has 0 aromatic heterocycles. The van der Waals surface area contributed by atoms with E-state index < -0.39 is 18.1 Å². The fourth-order valence-electron chi connectivity index (χ4n) is 2.26. The molecule has 1 aromatic carbocycles. The summed E-state index contributed by atoms with van der Waals surface area (Å²) in [6, 6.07) is 8.44. The SMILES string of the molecule is CCC(C)C(NC(CC)C(O)c1ccccc1)C(=O)O. The summed E-state index contributed by atoms with van der Waals surface area (Å²) in [5.41, 5.74) is 0.806. The van der Waals surface area contributed by atoms with Gasteiger partial charge in [-0.1, -0.05) is 57.5 Å². The second-order valence-electron chi connectivity index (χ2n) is 5.24. The Hall–Kier alpha value is -1.39. The van der Waals surface area contributed by atoms with Crippen LogP contribution in [0.25, 0.3) is 0 Å². The Morgan fingerprint density at radius 1 is 1.20 bits per heavy atom. The van der Waals surface area contributed by atoms with Gasteiger partial charge in [0.1, 0.15) is 6.04 Å². The highest BCUT2D eigenvalue weighted by atomic mass is 16.4. The fraction of sp³-hybridized carbons (Fsp3) is 0.562. The lowest BCUT2D eigenvalue weighted by Crippen LogP contribution is -2.49. The summed E-state index contributed by atoms with van der Waals surface area (Å²) in [6.07, 6.45) is 0.741. The van der Waals surface area contributed by atoms with Crippen LogP contribution in [0.4, 0.5) is 0 Å². The molecule has 0 saturated heterocycles. The van der Waals surface area contributed by atoms with Gasteiger partial charge >= 0.3 is 5.97 Å². The van der Waals surface area contributed by atoms with Crippen molar-refractivity contribution in [1.29, 1.82) is 0 Å². The number of hydrogen-bond donors (Lipinski definition) is 3. The molecule has 0 bridgehead atoms. The molecule has 0 aliphatic rings. The molecular formula is C16H25NO3. The van der Waals surface area contributed by atoms with E-state index >= 15 is 0 Å². The molecule has 3 N–H and O–H groups in total. The van der Waals surface area contributed by atoms with Gasteiger partial charge in [-0.3, -0.25) is 10.1 Å². The first kappa shape index (κ1) is 16.7. The van der Waals surface area contributed by atoms with Crippen molar-refractivity contribution in [2.24, 2.45) is 5.92 Å². The minimum atomic E-state index is -0.863. The molecule has 4 atom stereocenters. The standard InChI is InChI=1S/C16H25NO3/c1-4-11(3)14(16(19)20)17-13(5-2)15(18)12-9-7-6-8-10-12/h6-11,13-15,17-18H,4-5H2,1-3H3,(H,19,20). The van der Waals surface area contributed by atoms with Crippen LogP contribution in [0.15, 0.2) is 30.3 Å². The molecule has 0 radical (unpaired) electrons. The second-order valence-corrected chi connectivity index (χ2v) is 5.24. The summed E-state index contributed by atoms with van der Waals surface area (Å²) in [5.74, 6) is -0.845. The molecule has 112 valence electrons. The van der Waals surface area contributed by atoms with Crippen LogP contribution < -0.4 is 5.32 Å². The Balaban J connectivity index is 2.82. The summed E-state index contributed by atoms with van der Waals surface area (Å²) < 4.78 is 0. The molecule has 0 fully saturated rings. The quantitative estimate of drug-likeness (QED) is 0.684.